The number of nitrogens with zero attached hydrogens (tertiary/aromatic N) is 4. The Hall–Kier alpha value is -4.16. The van der Waals surface area contributed by atoms with Crippen LogP contribution in [0.25, 0.3) is 11.5 Å². The molecule has 1 saturated carbocycles. The van der Waals surface area contributed by atoms with Gasteiger partial charge in [-0.2, -0.15) is 31.4 Å². The molecule has 13 heteroatoms. The van der Waals surface area contributed by atoms with Crippen LogP contribution in [-0.2, 0) is 12.4 Å². The minimum absolute atomic E-state index is 0.0609. The minimum atomic E-state index is -5.01. The van der Waals surface area contributed by atoms with Crippen molar-refractivity contribution in [3.05, 3.63) is 83.4 Å². The number of benzene rings is 1. The summed E-state index contributed by atoms with van der Waals surface area (Å²) in [4.78, 5) is 16.7. The SMILES string of the molecule is O=C(Nc1cnn(C(c2ccc(C(F)(F)F)cc2C(F)(F)F)C2CC2)c1)c1cc(-c2ccccn2)on1. The molecule has 1 aliphatic carbocycles. The first-order valence-corrected chi connectivity index (χ1v) is 11.0. The summed E-state index contributed by atoms with van der Waals surface area (Å²) in [5.74, 6) is -0.644. The van der Waals surface area contributed by atoms with Crippen molar-refractivity contribution in [2.75, 3.05) is 5.32 Å². The van der Waals surface area contributed by atoms with Crippen LogP contribution < -0.4 is 5.32 Å². The van der Waals surface area contributed by atoms with E-state index in [0.717, 1.165) is 6.07 Å². The lowest BCUT2D eigenvalue weighted by molar-refractivity contribution is -0.143. The Morgan fingerprint density at radius 2 is 1.84 bits per heavy atom. The summed E-state index contributed by atoms with van der Waals surface area (Å²) in [5.41, 5.74) is -2.51. The molecule has 5 rings (SSSR count). The number of aromatic nitrogens is 4. The van der Waals surface area contributed by atoms with E-state index < -0.39 is 35.4 Å². The van der Waals surface area contributed by atoms with Crippen molar-refractivity contribution in [2.24, 2.45) is 5.92 Å². The van der Waals surface area contributed by atoms with Crippen LogP contribution in [0.3, 0.4) is 0 Å². The van der Waals surface area contributed by atoms with Crippen LogP contribution in [-0.4, -0.2) is 25.8 Å². The number of alkyl halides is 6. The van der Waals surface area contributed by atoms with Crippen molar-refractivity contribution in [2.45, 2.75) is 31.2 Å². The summed E-state index contributed by atoms with van der Waals surface area (Å²) in [6.45, 7) is 0. The molecule has 0 aliphatic heterocycles. The minimum Gasteiger partial charge on any atom is -0.354 e. The number of nitrogens with one attached hydrogen (secondary N) is 1. The first kappa shape index (κ1) is 24.5. The molecule has 1 unspecified atom stereocenters. The Morgan fingerprint density at radius 1 is 1.05 bits per heavy atom. The fraction of sp³-hybridized carbons (Fsp3) is 0.250. The summed E-state index contributed by atoms with van der Waals surface area (Å²) >= 11 is 0. The second-order valence-corrected chi connectivity index (χ2v) is 8.53. The molecular weight excluding hydrogens is 504 g/mol. The highest BCUT2D eigenvalue weighted by Crippen LogP contribution is 2.48. The van der Waals surface area contributed by atoms with E-state index in [9.17, 15) is 31.1 Å². The van der Waals surface area contributed by atoms with Crippen LogP contribution in [0.4, 0.5) is 32.0 Å². The molecule has 3 aromatic heterocycles. The van der Waals surface area contributed by atoms with Gasteiger partial charge in [0.1, 0.15) is 5.69 Å². The van der Waals surface area contributed by atoms with Gasteiger partial charge in [0.25, 0.3) is 5.91 Å². The van der Waals surface area contributed by atoms with E-state index >= 15 is 0 Å². The molecule has 7 nitrogen and oxygen atoms in total. The van der Waals surface area contributed by atoms with Gasteiger partial charge in [-0.1, -0.05) is 17.3 Å². The van der Waals surface area contributed by atoms with Crippen LogP contribution in [0.2, 0.25) is 0 Å². The summed E-state index contributed by atoms with van der Waals surface area (Å²) in [7, 11) is 0. The highest BCUT2D eigenvalue weighted by Gasteiger charge is 2.43. The van der Waals surface area contributed by atoms with E-state index in [0.29, 0.717) is 24.6 Å². The van der Waals surface area contributed by atoms with E-state index in [1.54, 1.807) is 24.4 Å². The summed E-state index contributed by atoms with van der Waals surface area (Å²) < 4.78 is 87.1. The van der Waals surface area contributed by atoms with Gasteiger partial charge in [0.15, 0.2) is 11.5 Å². The number of carbonyl (C=O) groups excluding carboxylic acids is 1. The number of hydrogen-bond donors (Lipinski definition) is 1. The molecule has 1 aliphatic rings. The maximum atomic E-state index is 13.8. The highest BCUT2D eigenvalue weighted by atomic mass is 19.4. The van der Waals surface area contributed by atoms with Crippen molar-refractivity contribution >= 4 is 11.6 Å². The molecule has 1 aromatic carbocycles. The van der Waals surface area contributed by atoms with Gasteiger partial charge in [-0.05, 0) is 48.6 Å². The second kappa shape index (κ2) is 9.05. The normalized spacial score (nSPS) is 15.0. The average Bonchev–Trinajstić information content (AvgIpc) is 3.36. The van der Waals surface area contributed by atoms with Crippen molar-refractivity contribution < 1.29 is 35.7 Å². The van der Waals surface area contributed by atoms with Gasteiger partial charge in [0, 0.05) is 18.5 Å². The molecule has 3 heterocycles. The van der Waals surface area contributed by atoms with Gasteiger partial charge in [0.05, 0.1) is 29.1 Å². The zero-order valence-electron chi connectivity index (χ0n) is 18.7. The van der Waals surface area contributed by atoms with E-state index in [2.05, 4.69) is 20.6 Å². The number of halogens is 6. The number of hydrogen-bond acceptors (Lipinski definition) is 5. The third-order valence-electron chi connectivity index (χ3n) is 5.88. The second-order valence-electron chi connectivity index (χ2n) is 8.53. The zero-order chi connectivity index (χ0) is 26.4. The molecule has 0 spiro atoms. The van der Waals surface area contributed by atoms with E-state index in [-0.39, 0.29) is 34.7 Å². The molecule has 1 N–H and O–H groups in total. The van der Waals surface area contributed by atoms with Crippen molar-refractivity contribution in [1.82, 2.24) is 19.9 Å². The number of anilines is 1. The van der Waals surface area contributed by atoms with Gasteiger partial charge in [0.2, 0.25) is 0 Å². The molecule has 37 heavy (non-hydrogen) atoms. The Bertz CT molecular complexity index is 1420. The molecule has 0 saturated heterocycles. The average molecular weight is 521 g/mol. The predicted octanol–water partition coefficient (Wildman–Crippen LogP) is 6.22. The molecular formula is C24H17F6N5O2. The highest BCUT2D eigenvalue weighted by molar-refractivity contribution is 6.03. The Balaban J connectivity index is 1.41. The third kappa shape index (κ3) is 5.20. The van der Waals surface area contributed by atoms with E-state index in [1.807, 2.05) is 0 Å². The van der Waals surface area contributed by atoms with Crippen LogP contribution in [0.5, 0.6) is 0 Å². The largest absolute Gasteiger partial charge is 0.416 e. The Morgan fingerprint density at radius 3 is 2.49 bits per heavy atom. The summed E-state index contributed by atoms with van der Waals surface area (Å²) in [6.07, 6.45) is -4.65. The lowest BCUT2D eigenvalue weighted by atomic mass is 9.94. The van der Waals surface area contributed by atoms with Gasteiger partial charge in [-0.3, -0.25) is 14.5 Å². The Kier molecular flexibility index (Phi) is 6.00. The monoisotopic (exact) mass is 521 g/mol. The lowest BCUT2D eigenvalue weighted by Gasteiger charge is -2.23. The number of pyridine rings is 1. The van der Waals surface area contributed by atoms with Gasteiger partial charge in [-0.25, -0.2) is 0 Å². The Labute approximate surface area is 205 Å². The van der Waals surface area contributed by atoms with Crippen LogP contribution in [0.15, 0.2) is 65.6 Å². The molecule has 1 fully saturated rings. The maximum absolute atomic E-state index is 13.8. The quantitative estimate of drug-likeness (QED) is 0.305. The van der Waals surface area contributed by atoms with Crippen molar-refractivity contribution in [3.8, 4) is 11.5 Å². The standard InChI is InChI=1S/C24H17F6N5O2/c25-23(26,27)14-6-7-16(17(9-14)24(28,29)30)21(13-4-5-13)35-12-15(11-32-35)33-22(36)19-10-20(37-34-19)18-3-1-2-8-31-18/h1-3,6-13,21H,4-5H2,(H,33,36). The van der Waals surface area contributed by atoms with Crippen molar-refractivity contribution in [3.63, 3.8) is 0 Å². The first-order chi connectivity index (χ1) is 17.5. The fourth-order valence-corrected chi connectivity index (χ4v) is 4.02. The number of carbonyl (C=O) groups is 1. The van der Waals surface area contributed by atoms with Gasteiger partial charge in [-0.15, -0.1) is 0 Å². The van der Waals surface area contributed by atoms with Crippen LogP contribution in [0, 0.1) is 5.92 Å². The molecule has 4 aromatic rings. The lowest BCUT2D eigenvalue weighted by Crippen LogP contribution is -2.20. The van der Waals surface area contributed by atoms with E-state index in [4.69, 9.17) is 4.52 Å². The molecule has 1 atom stereocenters. The fourth-order valence-electron chi connectivity index (χ4n) is 4.02. The topological polar surface area (TPSA) is 85.8 Å². The summed E-state index contributed by atoms with van der Waals surface area (Å²) in [5, 5.41) is 10.4. The summed E-state index contributed by atoms with van der Waals surface area (Å²) in [6, 6.07) is 7.14. The molecule has 0 bridgehead atoms. The zero-order valence-corrected chi connectivity index (χ0v) is 18.7. The number of amides is 1. The molecule has 1 amide bonds. The maximum Gasteiger partial charge on any atom is 0.416 e. The van der Waals surface area contributed by atoms with Crippen molar-refractivity contribution in [1.29, 1.82) is 0 Å². The predicted molar refractivity (Wildman–Crippen MR) is 117 cm³/mol. The smallest absolute Gasteiger partial charge is 0.354 e. The van der Waals surface area contributed by atoms with Gasteiger partial charge >= 0.3 is 12.4 Å². The van der Waals surface area contributed by atoms with Crippen LogP contribution in [0.1, 0.15) is 46.1 Å². The van der Waals surface area contributed by atoms with Crippen LogP contribution >= 0.6 is 0 Å². The molecule has 192 valence electrons. The third-order valence-corrected chi connectivity index (χ3v) is 5.88. The van der Waals surface area contributed by atoms with Gasteiger partial charge < -0.3 is 9.84 Å². The molecule has 0 radical (unpaired) electrons. The number of rotatable bonds is 6. The van der Waals surface area contributed by atoms with E-state index in [1.165, 1.54) is 23.1 Å². The first-order valence-electron chi connectivity index (χ1n) is 11.0.